The van der Waals surface area contributed by atoms with Gasteiger partial charge in [0.15, 0.2) is 5.17 Å². The van der Waals surface area contributed by atoms with Gasteiger partial charge in [-0.05, 0) is 77.5 Å². The molecule has 0 radical (unpaired) electrons. The van der Waals surface area contributed by atoms with E-state index in [0.29, 0.717) is 16.5 Å². The first-order valence-corrected chi connectivity index (χ1v) is 10.9. The second-order valence-corrected chi connectivity index (χ2v) is 10.0. The standard InChI is InChI=1S/C22H32N6OS/c1-21(2)13-15(14-22(3,4)27(21)5)26-20(24)30-19(23)17-9-8-16(12-18(17)29-6)28-11-7-10-25-28/h7-12,15,23H,13-14H2,1-6H3,(H2,24,26). The molecular formula is C22H32N6OS. The average Bonchev–Trinajstić information content (AvgIpc) is 3.19. The van der Waals surface area contributed by atoms with Gasteiger partial charge < -0.3 is 10.1 Å². The maximum absolute atomic E-state index is 8.53. The third kappa shape index (κ3) is 4.70. The van der Waals surface area contributed by atoms with Crippen molar-refractivity contribution in [1.82, 2.24) is 20.0 Å². The zero-order chi connectivity index (χ0) is 22.1. The van der Waals surface area contributed by atoms with E-state index in [2.05, 4.69) is 50.1 Å². The maximum Gasteiger partial charge on any atom is 0.160 e. The maximum atomic E-state index is 8.53. The lowest BCUT2D eigenvalue weighted by molar-refractivity contribution is -0.0145. The third-order valence-corrected chi connectivity index (χ3v) is 6.79. The van der Waals surface area contributed by atoms with Crippen LogP contribution in [0.15, 0.2) is 36.7 Å². The highest BCUT2D eigenvalue weighted by molar-refractivity contribution is 8.26. The Balaban J connectivity index is 1.68. The minimum atomic E-state index is 0.0451. The number of aromatic nitrogens is 2. The van der Waals surface area contributed by atoms with E-state index in [0.717, 1.165) is 30.3 Å². The number of piperidine rings is 1. The molecule has 1 aromatic heterocycles. The highest BCUT2D eigenvalue weighted by atomic mass is 32.2. The molecule has 2 heterocycles. The lowest BCUT2D eigenvalue weighted by atomic mass is 9.77. The van der Waals surface area contributed by atoms with Gasteiger partial charge in [0.1, 0.15) is 10.8 Å². The normalized spacial score (nSPS) is 18.7. The van der Waals surface area contributed by atoms with Crippen LogP contribution in [0.5, 0.6) is 5.75 Å². The van der Waals surface area contributed by atoms with Crippen LogP contribution in [0.1, 0.15) is 46.1 Å². The Labute approximate surface area is 183 Å². The Bertz CT molecular complexity index is 904. The number of likely N-dealkylation sites (tertiary alicyclic amines) is 1. The molecule has 7 nitrogen and oxygen atoms in total. The molecule has 0 aliphatic carbocycles. The number of benzene rings is 1. The summed E-state index contributed by atoms with van der Waals surface area (Å²) in [5, 5.41) is 25.1. The average molecular weight is 429 g/mol. The van der Waals surface area contributed by atoms with E-state index in [-0.39, 0.29) is 22.2 Å². The Morgan fingerprint density at radius 2 is 1.87 bits per heavy atom. The topological polar surface area (TPSA) is 90.0 Å². The molecule has 30 heavy (non-hydrogen) atoms. The van der Waals surface area contributed by atoms with Gasteiger partial charge in [0, 0.05) is 41.1 Å². The van der Waals surface area contributed by atoms with E-state index in [1.54, 1.807) is 18.0 Å². The largest absolute Gasteiger partial charge is 0.496 e. The number of nitrogens with one attached hydrogen (secondary N) is 3. The van der Waals surface area contributed by atoms with E-state index in [1.807, 2.05) is 30.5 Å². The van der Waals surface area contributed by atoms with E-state index in [4.69, 9.17) is 15.6 Å². The van der Waals surface area contributed by atoms with Crippen molar-refractivity contribution in [2.24, 2.45) is 0 Å². The van der Waals surface area contributed by atoms with Crippen LogP contribution in [0.2, 0.25) is 0 Å². The number of amidine groups is 1. The number of nitrogens with zero attached hydrogens (tertiary/aromatic N) is 3. The molecule has 2 aromatic rings. The monoisotopic (exact) mass is 428 g/mol. The molecule has 3 N–H and O–H groups in total. The van der Waals surface area contributed by atoms with Crippen molar-refractivity contribution in [2.75, 3.05) is 14.2 Å². The summed E-state index contributed by atoms with van der Waals surface area (Å²) in [4.78, 5) is 2.42. The van der Waals surface area contributed by atoms with Crippen molar-refractivity contribution in [3.63, 3.8) is 0 Å². The first-order chi connectivity index (χ1) is 14.0. The molecule has 1 saturated heterocycles. The summed E-state index contributed by atoms with van der Waals surface area (Å²) in [5.41, 5.74) is 1.61. The fourth-order valence-corrected chi connectivity index (χ4v) is 4.99. The van der Waals surface area contributed by atoms with Crippen LogP contribution in [-0.2, 0) is 0 Å². The molecule has 162 valence electrons. The van der Waals surface area contributed by atoms with Crippen molar-refractivity contribution < 1.29 is 4.74 Å². The van der Waals surface area contributed by atoms with Crippen molar-refractivity contribution in [2.45, 2.75) is 57.7 Å². The first kappa shape index (κ1) is 22.4. The molecule has 1 aromatic carbocycles. The van der Waals surface area contributed by atoms with Gasteiger partial charge >= 0.3 is 0 Å². The highest BCUT2D eigenvalue weighted by Gasteiger charge is 2.43. The van der Waals surface area contributed by atoms with E-state index in [1.165, 1.54) is 0 Å². The number of hydrogen-bond donors (Lipinski definition) is 3. The molecule has 3 rings (SSSR count). The Kier molecular flexibility index (Phi) is 6.29. The number of methoxy groups -OCH3 is 1. The minimum absolute atomic E-state index is 0.0451. The second kappa shape index (κ2) is 8.43. The van der Waals surface area contributed by atoms with Crippen LogP contribution in [0.4, 0.5) is 0 Å². The van der Waals surface area contributed by atoms with E-state index in [9.17, 15) is 0 Å². The number of ether oxygens (including phenoxy) is 1. The minimum Gasteiger partial charge on any atom is -0.496 e. The van der Waals surface area contributed by atoms with Gasteiger partial charge in [-0.1, -0.05) is 0 Å². The molecule has 1 aliphatic rings. The molecule has 0 unspecified atom stereocenters. The predicted octanol–water partition coefficient (Wildman–Crippen LogP) is 4.12. The van der Waals surface area contributed by atoms with Crippen LogP contribution in [0.3, 0.4) is 0 Å². The second-order valence-electron chi connectivity index (χ2n) is 9.03. The van der Waals surface area contributed by atoms with Crippen LogP contribution >= 0.6 is 11.8 Å². The highest BCUT2D eigenvalue weighted by Crippen LogP contribution is 2.37. The van der Waals surface area contributed by atoms with Crippen molar-refractivity contribution >= 4 is 22.0 Å². The Morgan fingerprint density at radius 3 is 2.43 bits per heavy atom. The molecular weight excluding hydrogens is 396 g/mol. The molecule has 0 spiro atoms. The summed E-state index contributed by atoms with van der Waals surface area (Å²) in [7, 11) is 3.76. The molecule has 0 amide bonds. The Hall–Kier alpha value is -2.32. The molecule has 8 heteroatoms. The lowest BCUT2D eigenvalue weighted by Gasteiger charge is -2.53. The van der Waals surface area contributed by atoms with Gasteiger partial charge in [-0.25, -0.2) is 4.68 Å². The summed E-state index contributed by atoms with van der Waals surface area (Å²) in [5.74, 6) is 0.592. The quantitative estimate of drug-likeness (QED) is 0.504. The van der Waals surface area contributed by atoms with E-state index < -0.39 is 0 Å². The molecule has 1 aliphatic heterocycles. The predicted molar refractivity (Wildman–Crippen MR) is 124 cm³/mol. The van der Waals surface area contributed by atoms with Gasteiger partial charge in [-0.15, -0.1) is 0 Å². The molecule has 0 saturated carbocycles. The van der Waals surface area contributed by atoms with Gasteiger partial charge in [0.25, 0.3) is 0 Å². The van der Waals surface area contributed by atoms with Gasteiger partial charge in [0.2, 0.25) is 0 Å². The van der Waals surface area contributed by atoms with Crippen LogP contribution in [-0.4, -0.2) is 56.2 Å². The number of rotatable bonds is 4. The zero-order valence-corrected chi connectivity index (χ0v) is 19.4. The summed E-state index contributed by atoms with van der Waals surface area (Å²) in [6, 6.07) is 7.66. The number of thioether (sulfide) groups is 1. The molecule has 1 fully saturated rings. The summed E-state index contributed by atoms with van der Waals surface area (Å²) >= 11 is 1.12. The fourth-order valence-electron chi connectivity index (χ4n) is 4.28. The smallest absolute Gasteiger partial charge is 0.160 e. The fraction of sp³-hybridized carbons (Fsp3) is 0.500. The van der Waals surface area contributed by atoms with Gasteiger partial charge in [-0.2, -0.15) is 5.10 Å². The van der Waals surface area contributed by atoms with Crippen molar-refractivity contribution in [3.8, 4) is 11.4 Å². The molecule has 0 bridgehead atoms. The van der Waals surface area contributed by atoms with Crippen LogP contribution < -0.4 is 10.1 Å². The zero-order valence-electron chi connectivity index (χ0n) is 18.6. The summed E-state index contributed by atoms with van der Waals surface area (Å²) < 4.78 is 7.26. The SMILES string of the molecule is COc1cc(-n2cccn2)ccc1C(=N)SC(=N)NC1CC(C)(C)N(C)C(C)(C)C1. The summed E-state index contributed by atoms with van der Waals surface area (Å²) in [6.45, 7) is 8.97. The lowest BCUT2D eigenvalue weighted by Crippen LogP contribution is -2.62. The van der Waals surface area contributed by atoms with Gasteiger partial charge in [-0.3, -0.25) is 15.7 Å². The summed E-state index contributed by atoms with van der Waals surface area (Å²) in [6.07, 6.45) is 5.48. The van der Waals surface area contributed by atoms with E-state index >= 15 is 0 Å². The molecule has 0 atom stereocenters. The van der Waals surface area contributed by atoms with Crippen LogP contribution in [0.25, 0.3) is 5.69 Å². The third-order valence-electron chi connectivity index (χ3n) is 6.05. The van der Waals surface area contributed by atoms with Crippen LogP contribution in [0, 0.1) is 10.8 Å². The Morgan fingerprint density at radius 1 is 1.20 bits per heavy atom. The van der Waals surface area contributed by atoms with Crippen molar-refractivity contribution in [3.05, 3.63) is 42.2 Å². The van der Waals surface area contributed by atoms with Gasteiger partial charge in [0.05, 0.1) is 12.8 Å². The van der Waals surface area contributed by atoms with Crippen molar-refractivity contribution in [1.29, 1.82) is 10.8 Å². The first-order valence-electron chi connectivity index (χ1n) is 10.1. The number of hydrogen-bond acceptors (Lipinski definition) is 6.